The third-order valence-electron chi connectivity index (χ3n) is 7.05. The average Bonchev–Trinajstić information content (AvgIpc) is 3.22. The minimum atomic E-state index is -0.307. The number of rotatable bonds is 6. The Balaban J connectivity index is 1.18. The highest BCUT2D eigenvalue weighted by atomic mass is 32.1. The fraction of sp³-hybridized carbons (Fsp3) is 0.560. The molecule has 5 rings (SSSR count). The van der Waals surface area contributed by atoms with Crippen LogP contribution in [0.5, 0.6) is 0 Å². The molecule has 1 aromatic heterocycles. The smallest absolute Gasteiger partial charge is 0.338 e. The van der Waals surface area contributed by atoms with Gasteiger partial charge in [0.15, 0.2) is 0 Å². The number of ether oxygens (including phenoxy) is 1. The van der Waals surface area contributed by atoms with Crippen molar-refractivity contribution in [2.24, 2.45) is 0 Å². The molecule has 0 bridgehead atoms. The minimum absolute atomic E-state index is 0.249. The van der Waals surface area contributed by atoms with Crippen molar-refractivity contribution in [1.82, 2.24) is 19.7 Å². The number of nitrogens with zero attached hydrogens (tertiary/aromatic N) is 4. The Morgan fingerprint density at radius 3 is 2.70 bits per heavy atom. The van der Waals surface area contributed by atoms with Gasteiger partial charge in [0, 0.05) is 62.2 Å². The highest BCUT2D eigenvalue weighted by Crippen LogP contribution is 2.32. The lowest BCUT2D eigenvalue weighted by atomic mass is 9.91. The average molecular weight is 469 g/mol. The molecule has 1 aromatic carbocycles. The van der Waals surface area contributed by atoms with Crippen LogP contribution >= 0.6 is 11.3 Å². The highest BCUT2D eigenvalue weighted by Gasteiger charge is 2.30. The van der Waals surface area contributed by atoms with E-state index in [2.05, 4.69) is 9.80 Å². The summed E-state index contributed by atoms with van der Waals surface area (Å²) in [4.78, 5) is 37.9. The largest absolute Gasteiger partial charge is 0.462 e. The Morgan fingerprint density at radius 1 is 1.15 bits per heavy atom. The number of hydrogen-bond acceptors (Lipinski definition) is 7. The number of thiazole rings is 1. The van der Waals surface area contributed by atoms with E-state index in [0.717, 1.165) is 68.0 Å². The van der Waals surface area contributed by atoms with Crippen LogP contribution in [0.1, 0.15) is 47.1 Å². The Bertz CT molecular complexity index is 1010. The van der Waals surface area contributed by atoms with E-state index in [9.17, 15) is 9.59 Å². The van der Waals surface area contributed by atoms with Crippen molar-refractivity contribution in [2.45, 2.75) is 45.2 Å². The molecule has 0 radical (unpaired) electrons. The minimum Gasteiger partial charge on any atom is -0.462 e. The Hall–Kier alpha value is -2.29. The summed E-state index contributed by atoms with van der Waals surface area (Å²) >= 11 is 1.66. The van der Waals surface area contributed by atoms with Gasteiger partial charge in [0.25, 0.3) is 0 Å². The van der Waals surface area contributed by atoms with Gasteiger partial charge in [0.2, 0.25) is 5.91 Å². The molecule has 3 heterocycles. The number of carbonyl (C=O) groups is 2. The van der Waals surface area contributed by atoms with Crippen molar-refractivity contribution < 1.29 is 14.3 Å². The lowest BCUT2D eigenvalue weighted by Gasteiger charge is -2.43. The van der Waals surface area contributed by atoms with E-state index in [4.69, 9.17) is 9.72 Å². The highest BCUT2D eigenvalue weighted by molar-refractivity contribution is 7.15. The van der Waals surface area contributed by atoms with Gasteiger partial charge < -0.3 is 9.64 Å². The van der Waals surface area contributed by atoms with Gasteiger partial charge in [-0.2, -0.15) is 0 Å². The number of piperazine rings is 1. The second-order valence-electron chi connectivity index (χ2n) is 9.15. The number of esters is 1. The Morgan fingerprint density at radius 2 is 1.97 bits per heavy atom. The van der Waals surface area contributed by atoms with Crippen molar-refractivity contribution in [3.63, 3.8) is 0 Å². The Kier molecular flexibility index (Phi) is 6.76. The van der Waals surface area contributed by atoms with Gasteiger partial charge in [-0.1, -0.05) is 18.6 Å². The molecule has 1 saturated heterocycles. The maximum Gasteiger partial charge on any atom is 0.338 e. The lowest BCUT2D eigenvalue weighted by molar-refractivity contribution is -0.135. The number of carbonyl (C=O) groups excluding carboxylic acids is 2. The predicted molar refractivity (Wildman–Crippen MR) is 128 cm³/mol. The SMILES string of the molecule is CCOC(=O)c1cccc(-c2nc3c(s2)CN(CC(=O)N2CCN(C4CCC4)CC2)CC3)c1. The zero-order valence-electron chi connectivity index (χ0n) is 19.3. The van der Waals surface area contributed by atoms with E-state index in [1.54, 1.807) is 17.4 Å². The molecule has 7 nitrogen and oxygen atoms in total. The van der Waals surface area contributed by atoms with Gasteiger partial charge in [-0.05, 0) is 31.9 Å². The molecular weight excluding hydrogens is 436 g/mol. The first-order valence-corrected chi connectivity index (χ1v) is 12.9. The van der Waals surface area contributed by atoms with Crippen molar-refractivity contribution in [3.8, 4) is 10.6 Å². The fourth-order valence-electron chi connectivity index (χ4n) is 4.88. The monoisotopic (exact) mass is 468 g/mol. The topological polar surface area (TPSA) is 66.0 Å². The molecule has 0 atom stereocenters. The van der Waals surface area contributed by atoms with Crippen LogP contribution in [0.4, 0.5) is 0 Å². The van der Waals surface area contributed by atoms with Crippen molar-refractivity contribution >= 4 is 23.2 Å². The van der Waals surface area contributed by atoms with Crippen LogP contribution in [-0.4, -0.2) is 83.5 Å². The fourth-order valence-corrected chi connectivity index (χ4v) is 6.03. The number of aromatic nitrogens is 1. The first kappa shape index (κ1) is 22.5. The van der Waals surface area contributed by atoms with Crippen LogP contribution in [0.25, 0.3) is 10.6 Å². The number of fused-ring (bicyclic) bond motifs is 1. The molecule has 3 aliphatic rings. The molecule has 33 heavy (non-hydrogen) atoms. The molecule has 2 aliphatic heterocycles. The van der Waals surface area contributed by atoms with E-state index in [0.29, 0.717) is 18.7 Å². The van der Waals surface area contributed by atoms with E-state index in [1.807, 2.05) is 30.0 Å². The molecule has 2 fully saturated rings. The molecule has 8 heteroatoms. The van der Waals surface area contributed by atoms with Crippen LogP contribution in [0.2, 0.25) is 0 Å². The maximum absolute atomic E-state index is 12.9. The van der Waals surface area contributed by atoms with Gasteiger partial charge in [0.1, 0.15) is 5.01 Å². The normalized spacial score (nSPS) is 19.7. The lowest BCUT2D eigenvalue weighted by Crippen LogP contribution is -2.55. The number of benzene rings is 1. The predicted octanol–water partition coefficient (Wildman–Crippen LogP) is 3.04. The zero-order chi connectivity index (χ0) is 22.8. The van der Waals surface area contributed by atoms with E-state index >= 15 is 0 Å². The van der Waals surface area contributed by atoms with Gasteiger partial charge in [-0.3, -0.25) is 14.6 Å². The van der Waals surface area contributed by atoms with Gasteiger partial charge in [0.05, 0.1) is 24.4 Å². The molecule has 2 aromatic rings. The summed E-state index contributed by atoms with van der Waals surface area (Å²) in [5, 5.41) is 0.923. The van der Waals surface area contributed by atoms with Gasteiger partial charge in [-0.25, -0.2) is 9.78 Å². The van der Waals surface area contributed by atoms with Crippen molar-refractivity contribution in [2.75, 3.05) is 45.9 Å². The first-order valence-electron chi connectivity index (χ1n) is 12.1. The molecule has 0 unspecified atom stereocenters. The molecule has 0 N–H and O–H groups in total. The number of hydrogen-bond donors (Lipinski definition) is 0. The van der Waals surface area contributed by atoms with Crippen LogP contribution < -0.4 is 0 Å². The molecule has 1 amide bonds. The molecular formula is C25H32N4O3S. The summed E-state index contributed by atoms with van der Waals surface area (Å²) < 4.78 is 5.13. The second kappa shape index (κ2) is 9.91. The van der Waals surface area contributed by atoms with Crippen molar-refractivity contribution in [3.05, 3.63) is 40.4 Å². The van der Waals surface area contributed by atoms with Crippen LogP contribution in [-0.2, 0) is 22.5 Å². The number of amides is 1. The third-order valence-corrected chi connectivity index (χ3v) is 8.18. The summed E-state index contributed by atoms with van der Waals surface area (Å²) in [6.07, 6.45) is 4.87. The first-order chi connectivity index (χ1) is 16.1. The second-order valence-corrected chi connectivity index (χ2v) is 10.2. The standard InChI is InChI=1S/C25H32N4O3S/c1-2-32-25(31)19-6-3-5-18(15-19)24-26-21-9-10-27(16-22(21)33-24)17-23(30)29-13-11-28(12-14-29)20-7-4-8-20/h3,5-6,15,20H,2,4,7-14,16-17H2,1H3. The summed E-state index contributed by atoms with van der Waals surface area (Å²) in [6.45, 7) is 8.01. The van der Waals surface area contributed by atoms with E-state index in [-0.39, 0.29) is 11.9 Å². The molecule has 1 saturated carbocycles. The molecule has 0 spiro atoms. The summed E-state index contributed by atoms with van der Waals surface area (Å²) in [5.74, 6) is -0.0579. The van der Waals surface area contributed by atoms with Crippen LogP contribution in [0.3, 0.4) is 0 Å². The Labute approximate surface area is 199 Å². The van der Waals surface area contributed by atoms with Crippen LogP contribution in [0, 0.1) is 0 Å². The summed E-state index contributed by atoms with van der Waals surface area (Å²) in [5.41, 5.74) is 2.61. The van der Waals surface area contributed by atoms with Crippen molar-refractivity contribution in [1.29, 1.82) is 0 Å². The quantitative estimate of drug-likeness (QED) is 0.607. The molecule has 1 aliphatic carbocycles. The molecule has 176 valence electrons. The van der Waals surface area contributed by atoms with Gasteiger partial charge in [-0.15, -0.1) is 11.3 Å². The maximum atomic E-state index is 12.9. The van der Waals surface area contributed by atoms with Gasteiger partial charge >= 0.3 is 5.97 Å². The third kappa shape index (κ3) is 4.98. The van der Waals surface area contributed by atoms with E-state index in [1.165, 1.54) is 24.1 Å². The summed E-state index contributed by atoms with van der Waals surface area (Å²) in [6, 6.07) is 8.25. The van der Waals surface area contributed by atoms with Crippen LogP contribution in [0.15, 0.2) is 24.3 Å². The zero-order valence-corrected chi connectivity index (χ0v) is 20.1. The summed E-state index contributed by atoms with van der Waals surface area (Å²) in [7, 11) is 0. The van der Waals surface area contributed by atoms with E-state index < -0.39 is 0 Å².